The summed E-state index contributed by atoms with van der Waals surface area (Å²) in [5.74, 6) is -0.517. The van der Waals surface area contributed by atoms with Crippen molar-refractivity contribution in [2.75, 3.05) is 27.7 Å². The van der Waals surface area contributed by atoms with Crippen LogP contribution in [0.15, 0.2) is 0 Å². The molecule has 0 rings (SSSR count). The van der Waals surface area contributed by atoms with E-state index in [9.17, 15) is 9.59 Å². The summed E-state index contributed by atoms with van der Waals surface area (Å²) in [5.41, 5.74) is 0. The van der Waals surface area contributed by atoms with Gasteiger partial charge in [-0.3, -0.25) is 9.59 Å². The fraction of sp³-hybridized carbons (Fsp3) is 0.778. The number of hydrogen-bond acceptors (Lipinski definition) is 4. The number of quaternary nitrogens is 1. The van der Waals surface area contributed by atoms with E-state index >= 15 is 0 Å². The van der Waals surface area contributed by atoms with Gasteiger partial charge < -0.3 is 23.9 Å². The van der Waals surface area contributed by atoms with E-state index in [2.05, 4.69) is 0 Å². The zero-order valence-corrected chi connectivity index (χ0v) is 12.0. The number of rotatable bonds is 4. The van der Waals surface area contributed by atoms with Crippen molar-refractivity contribution >= 4 is 19.6 Å². The monoisotopic (exact) mass is 286 g/mol. The highest BCUT2D eigenvalue weighted by Crippen LogP contribution is 2.25. The van der Waals surface area contributed by atoms with E-state index in [1.807, 2.05) is 21.1 Å². The zero-order chi connectivity index (χ0) is 15.1. The van der Waals surface area contributed by atoms with Crippen molar-refractivity contribution in [2.24, 2.45) is 0 Å². The zero-order valence-electron chi connectivity index (χ0n) is 11.2. The summed E-state index contributed by atoms with van der Waals surface area (Å²) in [6.45, 7) is 3.25. The molecule has 0 bridgehead atoms. The minimum atomic E-state index is -4.64. The van der Waals surface area contributed by atoms with Gasteiger partial charge in [0.25, 0.3) is 0 Å². The van der Waals surface area contributed by atoms with E-state index in [-0.39, 0.29) is 5.78 Å². The van der Waals surface area contributed by atoms with Crippen molar-refractivity contribution in [1.29, 1.82) is 0 Å². The Labute approximate surface area is 106 Å². The third-order valence-electron chi connectivity index (χ3n) is 1.48. The van der Waals surface area contributed by atoms with Gasteiger partial charge in [0, 0.05) is 6.92 Å². The van der Waals surface area contributed by atoms with Crippen LogP contribution in [0.25, 0.3) is 0 Å². The summed E-state index contributed by atoms with van der Waals surface area (Å²) in [6.07, 6.45) is -0.613. The van der Waals surface area contributed by atoms with Crippen LogP contribution in [0.4, 0.5) is 0 Å². The van der Waals surface area contributed by atoms with E-state index in [1.54, 1.807) is 0 Å². The van der Waals surface area contributed by atoms with Crippen LogP contribution < -0.4 is 0 Å². The predicted molar refractivity (Wildman–Crippen MR) is 63.4 cm³/mol. The van der Waals surface area contributed by atoms with Crippen LogP contribution in [0.1, 0.15) is 13.8 Å². The molecule has 0 aliphatic rings. The summed E-state index contributed by atoms with van der Waals surface area (Å²) in [4.78, 5) is 43.3. The second-order valence-corrected chi connectivity index (χ2v) is 5.72. The van der Waals surface area contributed by atoms with Crippen LogP contribution in [0.2, 0.25) is 0 Å². The molecule has 0 aromatic carbocycles. The first-order valence-corrected chi connectivity index (χ1v) is 6.55. The van der Waals surface area contributed by atoms with E-state index in [4.69, 9.17) is 24.0 Å². The quantitative estimate of drug-likeness (QED) is 0.354. The van der Waals surface area contributed by atoms with Gasteiger partial charge in [-0.25, -0.2) is 4.57 Å². The maximum Gasteiger partial charge on any atom is 0.466 e. The average molecular weight is 286 g/mol. The van der Waals surface area contributed by atoms with Crippen LogP contribution in [-0.4, -0.2) is 64.7 Å². The molecule has 18 heavy (non-hydrogen) atoms. The highest BCUT2D eigenvalue weighted by molar-refractivity contribution is 7.45. The van der Waals surface area contributed by atoms with Gasteiger partial charge in [0.2, 0.25) is 6.10 Å². The molecule has 0 amide bonds. The lowest BCUT2D eigenvalue weighted by Gasteiger charge is -2.27. The third kappa shape index (κ3) is 20.6. The van der Waals surface area contributed by atoms with E-state index in [0.717, 1.165) is 0 Å². The molecular formula is C9H21NO7P+. The highest BCUT2D eigenvalue weighted by Gasteiger charge is 2.24. The van der Waals surface area contributed by atoms with Gasteiger partial charge in [-0.2, -0.15) is 0 Å². The minimum Gasteiger partial charge on any atom is -0.448 e. The van der Waals surface area contributed by atoms with Crippen LogP contribution in [0.5, 0.6) is 0 Å². The highest BCUT2D eigenvalue weighted by atomic mass is 31.2. The molecule has 0 aliphatic carbocycles. The van der Waals surface area contributed by atoms with Gasteiger partial charge in [-0.1, -0.05) is 0 Å². The topological polar surface area (TPSA) is 121 Å². The predicted octanol–water partition coefficient (Wildman–Crippen LogP) is -0.715. The Hall–Kier alpha value is -0.790. The van der Waals surface area contributed by atoms with E-state index in [0.29, 0.717) is 11.0 Å². The molecular weight excluding hydrogens is 265 g/mol. The standard InChI is InChI=1S/C9H18NO3.H3O4P/c1-7(11)9(13-8(2)12)6-10(3,4)5;1-5(2,3)4/h9H,6H2,1-5H3;(H3,1,2,3,4)/q+1;. The third-order valence-corrected chi connectivity index (χ3v) is 1.48. The molecule has 0 fully saturated rings. The SMILES string of the molecule is CC(=O)OC(C[N+](C)(C)C)C(C)=O.O=P(O)(O)O. The largest absolute Gasteiger partial charge is 0.466 e. The molecule has 108 valence electrons. The molecule has 0 saturated carbocycles. The van der Waals surface area contributed by atoms with E-state index in [1.165, 1.54) is 13.8 Å². The fourth-order valence-corrected chi connectivity index (χ4v) is 0.947. The first-order valence-electron chi connectivity index (χ1n) is 4.99. The molecule has 1 unspecified atom stereocenters. The normalized spacial score (nSPS) is 13.1. The first kappa shape index (κ1) is 19.5. The molecule has 0 aromatic heterocycles. The number of hydrogen-bond donors (Lipinski definition) is 3. The lowest BCUT2D eigenvalue weighted by Crippen LogP contribution is -2.45. The van der Waals surface area contributed by atoms with Crippen molar-refractivity contribution < 1.29 is 38.1 Å². The average Bonchev–Trinajstić information content (AvgIpc) is 1.95. The van der Waals surface area contributed by atoms with Gasteiger partial charge in [0.15, 0.2) is 5.78 Å². The smallest absolute Gasteiger partial charge is 0.448 e. The lowest BCUT2D eigenvalue weighted by atomic mass is 10.2. The summed E-state index contributed by atoms with van der Waals surface area (Å²) in [6, 6.07) is 0. The van der Waals surface area contributed by atoms with Gasteiger partial charge in [0.05, 0.1) is 21.1 Å². The summed E-state index contributed by atoms with van der Waals surface area (Å²) >= 11 is 0. The number of nitrogens with zero attached hydrogens (tertiary/aromatic N) is 1. The van der Waals surface area contributed by atoms with Crippen molar-refractivity contribution in [3.05, 3.63) is 0 Å². The molecule has 0 heterocycles. The molecule has 1 atom stereocenters. The molecule has 3 N–H and O–H groups in total. The van der Waals surface area contributed by atoms with Crippen molar-refractivity contribution in [3.63, 3.8) is 0 Å². The van der Waals surface area contributed by atoms with Crippen molar-refractivity contribution in [2.45, 2.75) is 20.0 Å². The second-order valence-electron chi connectivity index (χ2n) is 4.69. The number of ether oxygens (including phenoxy) is 1. The van der Waals surface area contributed by atoms with E-state index < -0.39 is 19.9 Å². The molecule has 0 saturated heterocycles. The van der Waals surface area contributed by atoms with Crippen LogP contribution in [0.3, 0.4) is 0 Å². The number of carbonyl (C=O) groups is 2. The number of phosphoric acid groups is 1. The molecule has 0 aliphatic heterocycles. The lowest BCUT2D eigenvalue weighted by molar-refractivity contribution is -0.872. The molecule has 8 nitrogen and oxygen atoms in total. The minimum absolute atomic E-state index is 0.108. The number of carbonyl (C=O) groups excluding carboxylic acids is 2. The van der Waals surface area contributed by atoms with Crippen molar-refractivity contribution in [3.8, 4) is 0 Å². The maximum atomic E-state index is 11.1. The Kier molecular flexibility index (Phi) is 8.26. The Morgan fingerprint density at radius 3 is 1.67 bits per heavy atom. The van der Waals surface area contributed by atoms with Gasteiger partial charge in [-0.05, 0) is 6.92 Å². The van der Waals surface area contributed by atoms with Crippen LogP contribution in [0, 0.1) is 0 Å². The van der Waals surface area contributed by atoms with Gasteiger partial charge >= 0.3 is 13.8 Å². The number of Topliss-reactive ketones (excluding diaryl/α,β-unsaturated/α-hetero) is 1. The molecule has 0 aromatic rings. The fourth-order valence-electron chi connectivity index (χ4n) is 0.947. The van der Waals surface area contributed by atoms with Gasteiger partial charge in [0.1, 0.15) is 6.54 Å². The molecule has 9 heteroatoms. The maximum absolute atomic E-state index is 11.1. The Morgan fingerprint density at radius 1 is 1.17 bits per heavy atom. The first-order chi connectivity index (χ1) is 7.72. The van der Waals surface area contributed by atoms with Gasteiger partial charge in [-0.15, -0.1) is 0 Å². The molecule has 0 radical (unpaired) electrons. The Morgan fingerprint density at radius 2 is 1.50 bits per heavy atom. The summed E-state index contributed by atoms with van der Waals surface area (Å²) in [7, 11) is 1.19. The summed E-state index contributed by atoms with van der Waals surface area (Å²) in [5, 5.41) is 0. The van der Waals surface area contributed by atoms with Crippen LogP contribution >= 0.6 is 7.82 Å². The Bertz CT molecular complexity index is 322. The number of esters is 1. The Balaban J connectivity index is 0. The van der Waals surface area contributed by atoms with Crippen LogP contribution in [-0.2, 0) is 18.9 Å². The number of ketones is 1. The number of likely N-dealkylation sites (N-methyl/N-ethyl adjacent to an activating group) is 1. The second kappa shape index (κ2) is 7.60. The van der Waals surface area contributed by atoms with Crippen molar-refractivity contribution in [1.82, 2.24) is 0 Å². The molecule has 0 spiro atoms. The summed E-state index contributed by atoms with van der Waals surface area (Å²) < 4.78 is 14.4.